The molecule has 0 N–H and O–H groups in total. The summed E-state index contributed by atoms with van der Waals surface area (Å²) >= 11 is 0. The molecule has 14 atom stereocenters. The molecule has 10 rings (SSSR count). The molecule has 1 nitrogen and oxygen atoms in total. The molecule has 0 aromatic rings. The number of hydrogen-bond acceptors (Lipinski definition) is 1. The van der Waals surface area contributed by atoms with Crippen LogP contribution in [0.1, 0.15) is 193 Å². The van der Waals surface area contributed by atoms with Crippen molar-refractivity contribution in [2.75, 3.05) is 0 Å². The second-order valence-electron chi connectivity index (χ2n) is 21.4. The summed E-state index contributed by atoms with van der Waals surface area (Å²) in [6.07, 6.45) is 48.3. The highest BCUT2D eigenvalue weighted by Gasteiger charge is 2.57. The van der Waals surface area contributed by atoms with E-state index in [9.17, 15) is 0 Å². The molecule has 10 aliphatic rings. The lowest BCUT2D eigenvalue weighted by Gasteiger charge is -2.61. The van der Waals surface area contributed by atoms with Crippen molar-refractivity contribution in [3.63, 3.8) is 0 Å². The Hall–Kier alpha value is -0.0400. The van der Waals surface area contributed by atoms with E-state index in [0.717, 1.165) is 94.7 Å². The molecule has 0 bridgehead atoms. The highest BCUT2D eigenvalue weighted by Crippen LogP contribution is 2.64. The first kappa shape index (κ1) is 33.5. The van der Waals surface area contributed by atoms with E-state index >= 15 is 0 Å². The number of rotatable bonds is 4. The van der Waals surface area contributed by atoms with Crippen molar-refractivity contribution in [2.24, 2.45) is 94.7 Å². The van der Waals surface area contributed by atoms with E-state index in [4.69, 9.17) is 4.74 Å². The van der Waals surface area contributed by atoms with E-state index in [2.05, 4.69) is 0 Å². The van der Waals surface area contributed by atoms with Crippen molar-refractivity contribution in [1.82, 2.24) is 0 Å². The molecule has 1 aliphatic heterocycles. The molecule has 1 heteroatoms. The minimum absolute atomic E-state index is 0.647. The van der Waals surface area contributed by atoms with Gasteiger partial charge in [0.05, 0.1) is 12.2 Å². The van der Waals surface area contributed by atoms with Gasteiger partial charge in [0, 0.05) is 0 Å². The Morgan fingerprint density at radius 1 is 0.245 bits per heavy atom. The van der Waals surface area contributed by atoms with Crippen LogP contribution in [0.2, 0.25) is 0 Å². The van der Waals surface area contributed by atoms with Gasteiger partial charge in [-0.05, 0) is 191 Å². The van der Waals surface area contributed by atoms with Crippen molar-refractivity contribution in [2.45, 2.75) is 205 Å². The third-order valence-electron chi connectivity index (χ3n) is 19.8. The first-order valence-electron chi connectivity index (χ1n) is 24.0. The van der Waals surface area contributed by atoms with Crippen LogP contribution in [0.3, 0.4) is 0 Å². The van der Waals surface area contributed by atoms with Gasteiger partial charge in [-0.1, -0.05) is 96.3 Å². The van der Waals surface area contributed by atoms with Crippen LogP contribution in [0.25, 0.3) is 0 Å². The second-order valence-corrected chi connectivity index (χ2v) is 21.4. The average molecular weight is 671 g/mol. The van der Waals surface area contributed by atoms with Crippen LogP contribution in [-0.4, -0.2) is 12.2 Å². The Morgan fingerprint density at radius 3 is 1.39 bits per heavy atom. The number of ether oxygens (including phenoxy) is 1. The van der Waals surface area contributed by atoms with Crippen molar-refractivity contribution in [1.29, 1.82) is 0 Å². The summed E-state index contributed by atoms with van der Waals surface area (Å²) < 4.78 is 7.06. The standard InChI is InChI=1S/C48H78O/c1-2-16-36-31(12-1)13-10-22-37(36)34-14-9-15-35(30-34)47-42-20-5-3-18-40(42)46(41-19-4-6-21-43(41)47)33-28-26-32(27-29-33)38-23-11-24-44-39-17-7-8-25-45(39)49-48(38)44/h31-48H,1-30H2. The van der Waals surface area contributed by atoms with Gasteiger partial charge in [0.1, 0.15) is 0 Å². The van der Waals surface area contributed by atoms with Gasteiger partial charge in [-0.25, -0.2) is 0 Å². The summed E-state index contributed by atoms with van der Waals surface area (Å²) in [5.74, 6) is 17.1. The SMILES string of the molecule is C1CCC2C(C1)CCCC2C1CCCC(C2C3CCCCC3C(C3CCC(C4CCCC5C6CCCCC6OC45)CC3)C3CCCCC32)C1. The van der Waals surface area contributed by atoms with Gasteiger partial charge in [-0.15, -0.1) is 0 Å². The molecule has 10 fully saturated rings. The maximum absolute atomic E-state index is 7.06. The van der Waals surface area contributed by atoms with E-state index in [-0.39, 0.29) is 0 Å². The average Bonchev–Trinajstić information content (AvgIpc) is 3.56. The van der Waals surface area contributed by atoms with Gasteiger partial charge < -0.3 is 4.74 Å². The summed E-state index contributed by atoms with van der Waals surface area (Å²) in [6.45, 7) is 0. The fraction of sp³-hybridized carbons (Fsp3) is 1.00. The normalized spacial score (nSPS) is 54.9. The summed E-state index contributed by atoms with van der Waals surface area (Å²) in [5.41, 5.74) is 0. The molecule has 49 heavy (non-hydrogen) atoms. The van der Waals surface area contributed by atoms with Gasteiger partial charge in [0.25, 0.3) is 0 Å². The van der Waals surface area contributed by atoms with Crippen LogP contribution in [0, 0.1) is 94.7 Å². The van der Waals surface area contributed by atoms with Crippen LogP contribution < -0.4 is 0 Å². The topological polar surface area (TPSA) is 9.23 Å². The van der Waals surface area contributed by atoms with Gasteiger partial charge in [0.15, 0.2) is 0 Å². The molecule has 9 aliphatic carbocycles. The lowest BCUT2D eigenvalue weighted by atomic mass is 9.44. The lowest BCUT2D eigenvalue weighted by Crippen LogP contribution is -2.54. The highest BCUT2D eigenvalue weighted by atomic mass is 16.5. The maximum atomic E-state index is 7.06. The monoisotopic (exact) mass is 671 g/mol. The molecular weight excluding hydrogens is 593 g/mol. The van der Waals surface area contributed by atoms with Crippen LogP contribution in [0.4, 0.5) is 0 Å². The summed E-state index contributed by atoms with van der Waals surface area (Å²) in [7, 11) is 0. The minimum atomic E-state index is 0.647. The molecule has 0 radical (unpaired) electrons. The fourth-order valence-electron chi connectivity index (χ4n) is 18.2. The van der Waals surface area contributed by atoms with Crippen molar-refractivity contribution >= 4 is 0 Å². The molecule has 0 aromatic heterocycles. The fourth-order valence-corrected chi connectivity index (χ4v) is 18.2. The zero-order valence-electron chi connectivity index (χ0n) is 32.0. The van der Waals surface area contributed by atoms with E-state index < -0.39 is 0 Å². The second kappa shape index (κ2) is 14.7. The van der Waals surface area contributed by atoms with Gasteiger partial charge in [-0.3, -0.25) is 0 Å². The van der Waals surface area contributed by atoms with E-state index in [1.807, 2.05) is 0 Å². The first-order valence-corrected chi connectivity index (χ1v) is 24.0. The highest BCUT2D eigenvalue weighted by molar-refractivity contribution is 5.06. The Bertz CT molecular complexity index is 1060. The third kappa shape index (κ3) is 6.19. The minimum Gasteiger partial charge on any atom is -0.374 e. The molecule has 0 amide bonds. The predicted octanol–water partition coefficient (Wildman–Crippen LogP) is 13.4. The van der Waals surface area contributed by atoms with Crippen LogP contribution >= 0.6 is 0 Å². The quantitative estimate of drug-likeness (QED) is 0.289. The van der Waals surface area contributed by atoms with Gasteiger partial charge in [-0.2, -0.15) is 0 Å². The Labute approximate surface area is 303 Å². The number of hydrogen-bond donors (Lipinski definition) is 0. The smallest absolute Gasteiger partial charge is 0.0641 e. The van der Waals surface area contributed by atoms with E-state index in [1.165, 1.54) is 44.9 Å². The molecular formula is C48H78O. The zero-order chi connectivity index (χ0) is 32.3. The van der Waals surface area contributed by atoms with Crippen molar-refractivity contribution in [3.05, 3.63) is 0 Å². The van der Waals surface area contributed by atoms with Gasteiger partial charge in [0.2, 0.25) is 0 Å². The van der Waals surface area contributed by atoms with E-state index in [1.54, 1.807) is 148 Å². The van der Waals surface area contributed by atoms with Crippen LogP contribution in [0.5, 0.6) is 0 Å². The molecule has 1 heterocycles. The third-order valence-corrected chi connectivity index (χ3v) is 19.8. The molecule has 276 valence electrons. The lowest BCUT2D eigenvalue weighted by molar-refractivity contribution is -0.121. The zero-order valence-corrected chi connectivity index (χ0v) is 32.0. The summed E-state index contributed by atoms with van der Waals surface area (Å²) in [4.78, 5) is 0. The molecule has 1 saturated heterocycles. The Kier molecular flexibility index (Phi) is 10.0. The van der Waals surface area contributed by atoms with E-state index in [0.29, 0.717) is 12.2 Å². The van der Waals surface area contributed by atoms with Crippen LogP contribution in [-0.2, 0) is 4.74 Å². The van der Waals surface area contributed by atoms with Crippen LogP contribution in [0.15, 0.2) is 0 Å². The molecule has 14 unspecified atom stereocenters. The first-order chi connectivity index (χ1) is 24.3. The molecule has 0 spiro atoms. The summed E-state index contributed by atoms with van der Waals surface area (Å²) in [6, 6.07) is 0. The largest absolute Gasteiger partial charge is 0.374 e. The number of fused-ring (bicyclic) bond motifs is 6. The Morgan fingerprint density at radius 2 is 0.653 bits per heavy atom. The Balaban J connectivity index is 0.847. The summed E-state index contributed by atoms with van der Waals surface area (Å²) in [5, 5.41) is 0. The van der Waals surface area contributed by atoms with Gasteiger partial charge >= 0.3 is 0 Å². The maximum Gasteiger partial charge on any atom is 0.0641 e. The predicted molar refractivity (Wildman–Crippen MR) is 203 cm³/mol. The molecule has 0 aromatic carbocycles. The van der Waals surface area contributed by atoms with Crippen molar-refractivity contribution < 1.29 is 4.74 Å². The molecule has 9 saturated carbocycles. The van der Waals surface area contributed by atoms with Crippen molar-refractivity contribution in [3.8, 4) is 0 Å².